The van der Waals surface area contributed by atoms with Crippen molar-refractivity contribution in [2.75, 3.05) is 0 Å². The Morgan fingerprint density at radius 1 is 1.00 bits per heavy atom. The maximum absolute atomic E-state index is 11.8. The van der Waals surface area contributed by atoms with Crippen LogP contribution in [0.1, 0.15) is 27.2 Å². The fourth-order valence-electron chi connectivity index (χ4n) is 2.26. The van der Waals surface area contributed by atoms with E-state index in [1.165, 1.54) is 0 Å². The van der Waals surface area contributed by atoms with Gasteiger partial charge >= 0.3 is 0 Å². The van der Waals surface area contributed by atoms with Gasteiger partial charge in [0.1, 0.15) is 0 Å². The maximum Gasteiger partial charge on any atom is 0.268 e. The molecule has 92 valence electrons. The quantitative estimate of drug-likeness (QED) is 0.640. The topological polar surface area (TPSA) is 68.3 Å². The van der Waals surface area contributed by atoms with Crippen LogP contribution in [0.15, 0.2) is 12.2 Å². The molecule has 0 heterocycles. The average molecular weight is 236 g/mol. The standard InChI is InChI=1S/C13H16O4/c1-4-9-7(2)10(14)5-6-11(15)13(17)12(16)8(9)3/h5-9H,4H2,1-3H3. The van der Waals surface area contributed by atoms with Crippen molar-refractivity contribution in [1.29, 1.82) is 0 Å². The van der Waals surface area contributed by atoms with Crippen molar-refractivity contribution in [2.24, 2.45) is 17.8 Å². The van der Waals surface area contributed by atoms with E-state index >= 15 is 0 Å². The summed E-state index contributed by atoms with van der Waals surface area (Å²) in [6, 6.07) is 0. The Bertz CT molecular complexity index is 406. The number of allylic oxidation sites excluding steroid dienone is 2. The summed E-state index contributed by atoms with van der Waals surface area (Å²) in [5, 5.41) is 0. The van der Waals surface area contributed by atoms with E-state index in [9.17, 15) is 19.2 Å². The molecule has 1 rings (SSSR count). The second-order valence-electron chi connectivity index (χ2n) is 4.44. The van der Waals surface area contributed by atoms with Crippen LogP contribution in [0.5, 0.6) is 0 Å². The van der Waals surface area contributed by atoms with E-state index in [4.69, 9.17) is 0 Å². The third-order valence-corrected chi connectivity index (χ3v) is 3.46. The number of hydrogen-bond donors (Lipinski definition) is 0. The molecule has 1 aliphatic carbocycles. The van der Waals surface area contributed by atoms with E-state index in [2.05, 4.69) is 0 Å². The lowest BCUT2D eigenvalue weighted by Gasteiger charge is -2.24. The normalized spacial score (nSPS) is 31.1. The first-order valence-electron chi connectivity index (χ1n) is 5.74. The lowest BCUT2D eigenvalue weighted by Crippen LogP contribution is -2.34. The Labute approximate surface area is 100 Å². The summed E-state index contributed by atoms with van der Waals surface area (Å²) in [6.07, 6.45) is 2.64. The van der Waals surface area contributed by atoms with Crippen molar-refractivity contribution in [1.82, 2.24) is 0 Å². The first kappa shape index (κ1) is 13.5. The molecule has 0 N–H and O–H groups in total. The van der Waals surface area contributed by atoms with Gasteiger partial charge in [-0.1, -0.05) is 27.2 Å². The molecule has 3 atom stereocenters. The number of rotatable bonds is 1. The molecule has 0 amide bonds. The summed E-state index contributed by atoms with van der Waals surface area (Å²) < 4.78 is 0. The molecular formula is C13H16O4. The van der Waals surface area contributed by atoms with Gasteiger partial charge in [-0.3, -0.25) is 19.2 Å². The number of carbonyl (C=O) groups is 4. The Balaban J connectivity index is 3.19. The zero-order chi connectivity index (χ0) is 13.2. The molecule has 0 radical (unpaired) electrons. The Morgan fingerprint density at radius 2 is 1.59 bits per heavy atom. The molecular weight excluding hydrogens is 220 g/mol. The largest absolute Gasteiger partial charge is 0.295 e. The van der Waals surface area contributed by atoms with Gasteiger partial charge in [-0.05, 0) is 18.1 Å². The van der Waals surface area contributed by atoms with Gasteiger partial charge in [0.05, 0.1) is 0 Å². The number of hydrogen-bond acceptors (Lipinski definition) is 4. The maximum atomic E-state index is 11.8. The minimum Gasteiger partial charge on any atom is -0.295 e. The zero-order valence-corrected chi connectivity index (χ0v) is 10.2. The second-order valence-corrected chi connectivity index (χ2v) is 4.44. The van der Waals surface area contributed by atoms with Crippen LogP contribution in [-0.4, -0.2) is 23.1 Å². The SMILES string of the molecule is CCC1C(C)C(=O)C=CC(=O)C(=O)C(=O)C1C. The first-order chi connectivity index (χ1) is 7.90. The van der Waals surface area contributed by atoms with E-state index in [0.29, 0.717) is 6.42 Å². The van der Waals surface area contributed by atoms with Gasteiger partial charge in [0, 0.05) is 11.8 Å². The summed E-state index contributed by atoms with van der Waals surface area (Å²) in [5.74, 6) is -3.96. The van der Waals surface area contributed by atoms with Crippen LogP contribution in [0.2, 0.25) is 0 Å². The Hall–Kier alpha value is -1.58. The van der Waals surface area contributed by atoms with Crippen LogP contribution in [0, 0.1) is 17.8 Å². The van der Waals surface area contributed by atoms with Crippen molar-refractivity contribution in [3.8, 4) is 0 Å². The van der Waals surface area contributed by atoms with E-state index in [1.54, 1.807) is 13.8 Å². The minimum atomic E-state index is -1.02. The monoisotopic (exact) mass is 236 g/mol. The highest BCUT2D eigenvalue weighted by Crippen LogP contribution is 2.27. The molecule has 4 nitrogen and oxygen atoms in total. The number of carbonyl (C=O) groups excluding carboxylic acids is 4. The summed E-state index contributed by atoms with van der Waals surface area (Å²) >= 11 is 0. The smallest absolute Gasteiger partial charge is 0.268 e. The summed E-state index contributed by atoms with van der Waals surface area (Å²) in [7, 11) is 0. The van der Waals surface area contributed by atoms with Crippen LogP contribution in [0.3, 0.4) is 0 Å². The molecule has 17 heavy (non-hydrogen) atoms. The Kier molecular flexibility index (Phi) is 4.10. The van der Waals surface area contributed by atoms with Gasteiger partial charge in [0.25, 0.3) is 5.78 Å². The second kappa shape index (κ2) is 5.17. The van der Waals surface area contributed by atoms with Crippen LogP contribution in [0.25, 0.3) is 0 Å². The van der Waals surface area contributed by atoms with E-state index < -0.39 is 23.3 Å². The fourth-order valence-corrected chi connectivity index (χ4v) is 2.26. The predicted molar refractivity (Wildman–Crippen MR) is 61.3 cm³/mol. The van der Waals surface area contributed by atoms with Crippen LogP contribution < -0.4 is 0 Å². The van der Waals surface area contributed by atoms with Crippen molar-refractivity contribution in [2.45, 2.75) is 27.2 Å². The third kappa shape index (κ3) is 2.57. The molecule has 0 bridgehead atoms. The van der Waals surface area contributed by atoms with Crippen LogP contribution in [-0.2, 0) is 19.2 Å². The Morgan fingerprint density at radius 3 is 2.12 bits per heavy atom. The van der Waals surface area contributed by atoms with Crippen LogP contribution in [0.4, 0.5) is 0 Å². The van der Waals surface area contributed by atoms with Crippen molar-refractivity contribution in [3.05, 3.63) is 12.2 Å². The first-order valence-corrected chi connectivity index (χ1v) is 5.74. The third-order valence-electron chi connectivity index (χ3n) is 3.46. The highest BCUT2D eigenvalue weighted by atomic mass is 16.2. The summed E-state index contributed by atoms with van der Waals surface area (Å²) in [6.45, 7) is 5.20. The molecule has 0 spiro atoms. The fraction of sp³-hybridized carbons (Fsp3) is 0.538. The van der Waals surface area contributed by atoms with Gasteiger partial charge in [-0.25, -0.2) is 0 Å². The lowest BCUT2D eigenvalue weighted by atomic mass is 9.77. The molecule has 3 unspecified atom stereocenters. The van der Waals surface area contributed by atoms with E-state index in [1.807, 2.05) is 6.92 Å². The van der Waals surface area contributed by atoms with Crippen LogP contribution >= 0.6 is 0 Å². The molecule has 0 aromatic heterocycles. The minimum absolute atomic E-state index is 0.200. The summed E-state index contributed by atoms with van der Waals surface area (Å²) in [5.41, 5.74) is 0. The van der Waals surface area contributed by atoms with E-state index in [-0.39, 0.29) is 17.6 Å². The van der Waals surface area contributed by atoms with Gasteiger partial charge in [-0.15, -0.1) is 0 Å². The predicted octanol–water partition coefficient (Wildman–Crippen LogP) is 1.13. The molecule has 4 heteroatoms. The van der Waals surface area contributed by atoms with Gasteiger partial charge < -0.3 is 0 Å². The molecule has 0 fully saturated rings. The van der Waals surface area contributed by atoms with Crippen molar-refractivity contribution < 1.29 is 19.2 Å². The summed E-state index contributed by atoms with van der Waals surface area (Å²) in [4.78, 5) is 46.3. The molecule has 0 saturated carbocycles. The van der Waals surface area contributed by atoms with Crippen molar-refractivity contribution >= 4 is 23.1 Å². The molecule has 0 saturated heterocycles. The average Bonchev–Trinajstić information content (AvgIpc) is 2.34. The molecule has 0 aromatic carbocycles. The highest BCUT2D eigenvalue weighted by molar-refractivity contribution is 6.66. The molecule has 1 aliphatic rings. The van der Waals surface area contributed by atoms with Gasteiger partial charge in [-0.2, -0.15) is 0 Å². The van der Waals surface area contributed by atoms with Gasteiger partial charge in [0.15, 0.2) is 5.78 Å². The highest BCUT2D eigenvalue weighted by Gasteiger charge is 2.36. The van der Waals surface area contributed by atoms with Gasteiger partial charge in [0.2, 0.25) is 11.6 Å². The lowest BCUT2D eigenvalue weighted by molar-refractivity contribution is -0.144. The number of Topliss-reactive ketones (excluding diaryl/α,β-unsaturated/α-hetero) is 2. The molecule has 0 aromatic rings. The zero-order valence-electron chi connectivity index (χ0n) is 10.2. The number of ketones is 4. The molecule has 0 aliphatic heterocycles. The van der Waals surface area contributed by atoms with E-state index in [0.717, 1.165) is 12.2 Å². The van der Waals surface area contributed by atoms with Crippen molar-refractivity contribution in [3.63, 3.8) is 0 Å².